The van der Waals surface area contributed by atoms with Gasteiger partial charge in [0.25, 0.3) is 0 Å². The standard InChI is InChI=1S/C17H26N2O3S/c1-13-4-3-5-15(10-13)11-17(20)19-16-8-6-14(7-9-16)12-18-23(2,21)22/h6-9,13,15,18H,3-5,10-12H2,1-2H3,(H,19,20)/t13-,15+/m1/s1. The van der Waals surface area contributed by atoms with Crippen LogP contribution in [0.25, 0.3) is 0 Å². The largest absolute Gasteiger partial charge is 0.326 e. The van der Waals surface area contributed by atoms with Crippen LogP contribution in [-0.2, 0) is 21.4 Å². The normalized spacial score (nSPS) is 21.8. The van der Waals surface area contributed by atoms with Crippen molar-refractivity contribution in [1.29, 1.82) is 0 Å². The lowest BCUT2D eigenvalue weighted by molar-refractivity contribution is -0.117. The van der Waals surface area contributed by atoms with Gasteiger partial charge < -0.3 is 5.32 Å². The molecule has 0 aliphatic heterocycles. The molecule has 23 heavy (non-hydrogen) atoms. The average Bonchev–Trinajstić information content (AvgIpc) is 2.45. The number of hydrogen-bond acceptors (Lipinski definition) is 3. The fourth-order valence-corrected chi connectivity index (χ4v) is 3.57. The first-order chi connectivity index (χ1) is 10.8. The molecule has 0 unspecified atom stereocenters. The van der Waals surface area contributed by atoms with Gasteiger partial charge in [0.1, 0.15) is 0 Å². The predicted molar refractivity (Wildman–Crippen MR) is 92.5 cm³/mol. The Morgan fingerprint density at radius 1 is 1.22 bits per heavy atom. The SMILES string of the molecule is C[C@@H]1CCC[C@H](CC(=O)Nc2ccc(CNS(C)(=O)=O)cc2)C1. The first-order valence-corrected chi connectivity index (χ1v) is 10.0. The molecule has 2 atom stereocenters. The average molecular weight is 338 g/mol. The summed E-state index contributed by atoms with van der Waals surface area (Å²) in [6.45, 7) is 2.51. The Morgan fingerprint density at radius 3 is 2.52 bits per heavy atom. The smallest absolute Gasteiger partial charge is 0.224 e. The summed E-state index contributed by atoms with van der Waals surface area (Å²) in [6, 6.07) is 7.24. The maximum absolute atomic E-state index is 12.1. The second kappa shape index (κ2) is 7.93. The van der Waals surface area contributed by atoms with E-state index in [2.05, 4.69) is 17.0 Å². The Hall–Kier alpha value is -1.40. The van der Waals surface area contributed by atoms with Gasteiger partial charge in [-0.3, -0.25) is 4.79 Å². The molecule has 2 rings (SSSR count). The summed E-state index contributed by atoms with van der Waals surface area (Å²) in [6.07, 6.45) is 6.51. The molecule has 2 N–H and O–H groups in total. The van der Waals surface area contributed by atoms with Crippen molar-refractivity contribution in [1.82, 2.24) is 4.72 Å². The number of anilines is 1. The molecule has 1 saturated carbocycles. The van der Waals surface area contributed by atoms with Gasteiger partial charge in [-0.2, -0.15) is 0 Å². The molecule has 1 amide bonds. The molecule has 5 nitrogen and oxygen atoms in total. The zero-order valence-corrected chi connectivity index (χ0v) is 14.7. The summed E-state index contributed by atoms with van der Waals surface area (Å²) < 4.78 is 24.6. The van der Waals surface area contributed by atoms with Crippen LogP contribution in [0.4, 0.5) is 5.69 Å². The number of nitrogens with one attached hydrogen (secondary N) is 2. The van der Waals surface area contributed by atoms with Crippen LogP contribution in [0.2, 0.25) is 0 Å². The third-order valence-corrected chi connectivity index (χ3v) is 4.96. The van der Waals surface area contributed by atoms with E-state index in [1.54, 1.807) is 12.1 Å². The Balaban J connectivity index is 1.81. The van der Waals surface area contributed by atoms with Crippen LogP contribution < -0.4 is 10.0 Å². The number of carbonyl (C=O) groups is 1. The monoisotopic (exact) mass is 338 g/mol. The Morgan fingerprint density at radius 2 is 1.91 bits per heavy atom. The maximum atomic E-state index is 12.1. The molecule has 0 saturated heterocycles. The minimum atomic E-state index is -3.19. The van der Waals surface area contributed by atoms with Crippen LogP contribution in [-0.4, -0.2) is 20.6 Å². The van der Waals surface area contributed by atoms with E-state index in [0.717, 1.165) is 36.3 Å². The fraction of sp³-hybridized carbons (Fsp3) is 0.588. The lowest BCUT2D eigenvalue weighted by atomic mass is 9.81. The van der Waals surface area contributed by atoms with Gasteiger partial charge in [-0.05, 0) is 42.4 Å². The molecular weight excluding hydrogens is 312 g/mol. The summed E-state index contributed by atoms with van der Waals surface area (Å²) >= 11 is 0. The Bertz CT molecular complexity index is 626. The summed E-state index contributed by atoms with van der Waals surface area (Å²) in [5.41, 5.74) is 1.61. The molecule has 0 bridgehead atoms. The van der Waals surface area contributed by atoms with Gasteiger partial charge in [-0.25, -0.2) is 13.1 Å². The number of carbonyl (C=O) groups excluding carboxylic acids is 1. The predicted octanol–water partition coefficient (Wildman–Crippen LogP) is 2.89. The second-order valence-corrected chi connectivity index (χ2v) is 8.51. The van der Waals surface area contributed by atoms with E-state index in [4.69, 9.17) is 0 Å². The molecule has 0 heterocycles. The lowest BCUT2D eigenvalue weighted by Crippen LogP contribution is -2.21. The van der Waals surface area contributed by atoms with Gasteiger partial charge in [-0.15, -0.1) is 0 Å². The maximum Gasteiger partial charge on any atom is 0.224 e. The highest BCUT2D eigenvalue weighted by Gasteiger charge is 2.21. The molecule has 1 aromatic carbocycles. The highest BCUT2D eigenvalue weighted by Crippen LogP contribution is 2.30. The Labute approximate surface area is 138 Å². The number of benzene rings is 1. The molecule has 1 aliphatic carbocycles. The van der Waals surface area contributed by atoms with E-state index in [-0.39, 0.29) is 12.5 Å². The van der Waals surface area contributed by atoms with Crippen LogP contribution in [0.15, 0.2) is 24.3 Å². The first-order valence-electron chi connectivity index (χ1n) is 8.15. The molecule has 1 aromatic rings. The van der Waals surface area contributed by atoms with Crippen LogP contribution in [0.5, 0.6) is 0 Å². The zero-order chi connectivity index (χ0) is 16.9. The summed E-state index contributed by atoms with van der Waals surface area (Å²) in [5, 5.41) is 2.93. The third kappa shape index (κ3) is 6.71. The number of rotatable bonds is 6. The van der Waals surface area contributed by atoms with Crippen molar-refractivity contribution in [3.05, 3.63) is 29.8 Å². The van der Waals surface area contributed by atoms with Crippen molar-refractivity contribution < 1.29 is 13.2 Å². The van der Waals surface area contributed by atoms with Crippen LogP contribution >= 0.6 is 0 Å². The van der Waals surface area contributed by atoms with Crippen LogP contribution in [0.3, 0.4) is 0 Å². The number of hydrogen-bond donors (Lipinski definition) is 2. The topological polar surface area (TPSA) is 75.3 Å². The van der Waals surface area contributed by atoms with Crippen molar-refractivity contribution in [2.75, 3.05) is 11.6 Å². The highest BCUT2D eigenvalue weighted by atomic mass is 32.2. The van der Waals surface area contributed by atoms with Gasteiger partial charge in [0.2, 0.25) is 15.9 Å². The summed E-state index contributed by atoms with van der Waals surface area (Å²) in [7, 11) is -3.19. The van der Waals surface area contributed by atoms with E-state index in [0.29, 0.717) is 12.3 Å². The molecule has 1 aliphatic rings. The zero-order valence-electron chi connectivity index (χ0n) is 13.8. The molecular formula is C17H26N2O3S. The van der Waals surface area contributed by atoms with Gasteiger partial charge >= 0.3 is 0 Å². The summed E-state index contributed by atoms with van der Waals surface area (Å²) in [5.74, 6) is 1.28. The third-order valence-electron chi connectivity index (χ3n) is 4.30. The number of amides is 1. The minimum absolute atomic E-state index is 0.0612. The second-order valence-electron chi connectivity index (χ2n) is 6.68. The van der Waals surface area contributed by atoms with Crippen molar-refractivity contribution in [2.24, 2.45) is 11.8 Å². The van der Waals surface area contributed by atoms with Crippen LogP contribution in [0.1, 0.15) is 44.6 Å². The van der Waals surface area contributed by atoms with E-state index >= 15 is 0 Å². The molecule has 128 valence electrons. The van der Waals surface area contributed by atoms with E-state index in [1.807, 2.05) is 12.1 Å². The first kappa shape index (κ1) is 17.9. The van der Waals surface area contributed by atoms with E-state index < -0.39 is 10.0 Å². The highest BCUT2D eigenvalue weighted by molar-refractivity contribution is 7.88. The lowest BCUT2D eigenvalue weighted by Gasteiger charge is -2.26. The van der Waals surface area contributed by atoms with Gasteiger partial charge in [0.15, 0.2) is 0 Å². The van der Waals surface area contributed by atoms with Crippen LogP contribution in [0, 0.1) is 11.8 Å². The van der Waals surface area contributed by atoms with Gasteiger partial charge in [0.05, 0.1) is 6.26 Å². The molecule has 1 fully saturated rings. The molecule has 6 heteroatoms. The van der Waals surface area contributed by atoms with Gasteiger partial charge in [0, 0.05) is 18.7 Å². The number of sulfonamides is 1. The molecule has 0 spiro atoms. The van der Waals surface area contributed by atoms with Crippen molar-refractivity contribution >= 4 is 21.6 Å². The van der Waals surface area contributed by atoms with Crippen molar-refractivity contribution in [3.63, 3.8) is 0 Å². The molecule has 0 radical (unpaired) electrons. The van der Waals surface area contributed by atoms with Crippen molar-refractivity contribution in [3.8, 4) is 0 Å². The van der Waals surface area contributed by atoms with E-state index in [1.165, 1.54) is 12.8 Å². The fourth-order valence-electron chi connectivity index (χ4n) is 3.14. The Kier molecular flexibility index (Phi) is 6.18. The summed E-state index contributed by atoms with van der Waals surface area (Å²) in [4.78, 5) is 12.1. The quantitative estimate of drug-likeness (QED) is 0.837. The minimum Gasteiger partial charge on any atom is -0.326 e. The van der Waals surface area contributed by atoms with Crippen molar-refractivity contribution in [2.45, 2.75) is 45.6 Å². The van der Waals surface area contributed by atoms with E-state index in [9.17, 15) is 13.2 Å². The molecule has 0 aromatic heterocycles. The van der Waals surface area contributed by atoms with Gasteiger partial charge in [-0.1, -0.05) is 31.9 Å².